The van der Waals surface area contributed by atoms with Gasteiger partial charge in [-0.25, -0.2) is 4.79 Å². The molecule has 0 radical (unpaired) electrons. The Morgan fingerprint density at radius 3 is 3.00 bits per heavy atom. The summed E-state index contributed by atoms with van der Waals surface area (Å²) >= 11 is 1.22. The van der Waals surface area contributed by atoms with Crippen LogP contribution in [-0.2, 0) is 13.7 Å². The SMILES string of the molecule is C=C(C)C(=O)OC1CCCOS1. The van der Waals surface area contributed by atoms with E-state index in [0.717, 1.165) is 19.4 Å². The highest BCUT2D eigenvalue weighted by molar-refractivity contribution is 7.95. The first-order chi connectivity index (χ1) is 5.70. The van der Waals surface area contributed by atoms with E-state index >= 15 is 0 Å². The van der Waals surface area contributed by atoms with Crippen LogP contribution in [0.5, 0.6) is 0 Å². The smallest absolute Gasteiger partial charge is 0.334 e. The van der Waals surface area contributed by atoms with Crippen molar-refractivity contribution in [2.24, 2.45) is 0 Å². The van der Waals surface area contributed by atoms with Gasteiger partial charge in [0.2, 0.25) is 0 Å². The summed E-state index contributed by atoms with van der Waals surface area (Å²) in [4.78, 5) is 11.0. The van der Waals surface area contributed by atoms with Gasteiger partial charge in [0.1, 0.15) is 0 Å². The minimum atomic E-state index is -0.335. The van der Waals surface area contributed by atoms with Crippen molar-refractivity contribution in [3.05, 3.63) is 12.2 Å². The molecule has 1 rings (SSSR count). The van der Waals surface area contributed by atoms with Crippen LogP contribution < -0.4 is 0 Å². The van der Waals surface area contributed by atoms with Crippen LogP contribution in [0.25, 0.3) is 0 Å². The summed E-state index contributed by atoms with van der Waals surface area (Å²) in [6, 6.07) is 0. The van der Waals surface area contributed by atoms with E-state index in [-0.39, 0.29) is 11.4 Å². The standard InChI is InChI=1S/C8H12O3S/c1-6(2)8(9)11-7-4-3-5-10-12-7/h7H,1,3-5H2,2H3. The molecule has 1 fully saturated rings. The first-order valence-electron chi connectivity index (χ1n) is 3.85. The quantitative estimate of drug-likeness (QED) is 0.376. The zero-order valence-electron chi connectivity index (χ0n) is 7.04. The van der Waals surface area contributed by atoms with Gasteiger partial charge in [0, 0.05) is 17.6 Å². The zero-order chi connectivity index (χ0) is 8.97. The first kappa shape index (κ1) is 9.61. The fraction of sp³-hybridized carbons (Fsp3) is 0.625. The van der Waals surface area contributed by atoms with Gasteiger partial charge < -0.3 is 8.92 Å². The molecule has 1 unspecified atom stereocenters. The lowest BCUT2D eigenvalue weighted by Gasteiger charge is -2.20. The summed E-state index contributed by atoms with van der Waals surface area (Å²) in [5.41, 5.74) is 0.282. The number of carbonyl (C=O) groups excluding carboxylic acids is 1. The molecule has 3 nitrogen and oxygen atoms in total. The molecule has 0 aliphatic carbocycles. The topological polar surface area (TPSA) is 35.5 Å². The lowest BCUT2D eigenvalue weighted by Crippen LogP contribution is -2.19. The van der Waals surface area contributed by atoms with Crippen LogP contribution in [0, 0.1) is 0 Å². The maximum absolute atomic E-state index is 11.0. The Kier molecular flexibility index (Phi) is 3.62. The van der Waals surface area contributed by atoms with Crippen molar-refractivity contribution >= 4 is 18.0 Å². The third-order valence-corrected chi connectivity index (χ3v) is 2.28. The van der Waals surface area contributed by atoms with Gasteiger partial charge in [0.15, 0.2) is 5.44 Å². The highest BCUT2D eigenvalue weighted by atomic mass is 32.2. The molecule has 1 saturated heterocycles. The molecule has 0 amide bonds. The number of ether oxygens (including phenoxy) is 1. The van der Waals surface area contributed by atoms with E-state index in [1.165, 1.54) is 12.0 Å². The van der Waals surface area contributed by atoms with Crippen LogP contribution in [-0.4, -0.2) is 18.0 Å². The fourth-order valence-corrected chi connectivity index (χ4v) is 1.54. The Hall–Kier alpha value is -0.480. The molecule has 0 spiro atoms. The van der Waals surface area contributed by atoms with E-state index in [9.17, 15) is 4.79 Å². The average Bonchev–Trinajstić information content (AvgIpc) is 2.06. The molecule has 12 heavy (non-hydrogen) atoms. The van der Waals surface area contributed by atoms with Crippen molar-refractivity contribution in [2.45, 2.75) is 25.2 Å². The number of carbonyl (C=O) groups is 1. The van der Waals surface area contributed by atoms with Gasteiger partial charge in [-0.2, -0.15) is 0 Å². The third-order valence-electron chi connectivity index (χ3n) is 1.43. The maximum Gasteiger partial charge on any atom is 0.334 e. The largest absolute Gasteiger partial charge is 0.446 e. The second-order valence-corrected chi connectivity index (χ2v) is 3.63. The number of hydrogen-bond acceptors (Lipinski definition) is 4. The molecular formula is C8H12O3S. The van der Waals surface area contributed by atoms with E-state index < -0.39 is 0 Å². The fourth-order valence-electron chi connectivity index (χ4n) is 0.780. The van der Waals surface area contributed by atoms with E-state index in [1.54, 1.807) is 6.92 Å². The molecule has 68 valence electrons. The van der Waals surface area contributed by atoms with Crippen molar-refractivity contribution in [1.82, 2.24) is 0 Å². The van der Waals surface area contributed by atoms with Crippen LogP contribution >= 0.6 is 12.0 Å². The summed E-state index contributed by atoms with van der Waals surface area (Å²) in [5.74, 6) is -0.335. The van der Waals surface area contributed by atoms with Crippen molar-refractivity contribution in [3.8, 4) is 0 Å². The van der Waals surface area contributed by atoms with E-state index in [0.29, 0.717) is 5.57 Å². The first-order valence-corrected chi connectivity index (χ1v) is 4.65. The lowest BCUT2D eigenvalue weighted by molar-refractivity contribution is -0.141. The van der Waals surface area contributed by atoms with Crippen LogP contribution in [0.3, 0.4) is 0 Å². The minimum absolute atomic E-state index is 0.150. The van der Waals surface area contributed by atoms with Gasteiger partial charge in [-0.15, -0.1) is 0 Å². The molecule has 0 aromatic carbocycles. The number of hydrogen-bond donors (Lipinski definition) is 0. The average molecular weight is 188 g/mol. The predicted octanol–water partition coefficient (Wildman–Crippen LogP) is 1.89. The monoisotopic (exact) mass is 188 g/mol. The Labute approximate surface area is 76.3 Å². The van der Waals surface area contributed by atoms with Gasteiger partial charge in [-0.05, 0) is 19.8 Å². The van der Waals surface area contributed by atoms with Gasteiger partial charge >= 0.3 is 5.97 Å². The summed E-state index contributed by atoms with van der Waals surface area (Å²) in [7, 11) is 0. The van der Waals surface area contributed by atoms with Gasteiger partial charge in [-0.3, -0.25) is 0 Å². The van der Waals surface area contributed by atoms with E-state index in [1.807, 2.05) is 0 Å². The molecular weight excluding hydrogens is 176 g/mol. The molecule has 0 N–H and O–H groups in total. The third kappa shape index (κ3) is 2.87. The Morgan fingerprint density at radius 1 is 1.75 bits per heavy atom. The number of rotatable bonds is 2. The van der Waals surface area contributed by atoms with Crippen LogP contribution in [0.4, 0.5) is 0 Å². The van der Waals surface area contributed by atoms with E-state index in [4.69, 9.17) is 8.92 Å². The van der Waals surface area contributed by atoms with Crippen molar-refractivity contribution in [3.63, 3.8) is 0 Å². The summed E-state index contributed by atoms with van der Waals surface area (Å²) < 4.78 is 10.1. The molecule has 1 aliphatic heterocycles. The minimum Gasteiger partial charge on any atom is -0.446 e. The highest BCUT2D eigenvalue weighted by Gasteiger charge is 2.19. The summed E-state index contributed by atoms with van der Waals surface area (Å²) in [5, 5.41) is 0. The lowest BCUT2D eigenvalue weighted by atomic mass is 10.3. The summed E-state index contributed by atoms with van der Waals surface area (Å²) in [6.45, 7) is 5.87. The zero-order valence-corrected chi connectivity index (χ0v) is 7.86. The Bertz CT molecular complexity index is 185. The van der Waals surface area contributed by atoms with Crippen LogP contribution in [0.2, 0.25) is 0 Å². The van der Waals surface area contributed by atoms with Gasteiger partial charge in [-0.1, -0.05) is 6.58 Å². The Balaban J connectivity index is 2.29. The second-order valence-electron chi connectivity index (χ2n) is 2.68. The molecule has 0 aromatic heterocycles. The molecule has 4 heteroatoms. The molecule has 1 aliphatic rings. The Morgan fingerprint density at radius 2 is 2.50 bits per heavy atom. The molecule has 1 atom stereocenters. The predicted molar refractivity (Wildman–Crippen MR) is 47.5 cm³/mol. The van der Waals surface area contributed by atoms with Gasteiger partial charge in [0.05, 0.1) is 6.61 Å². The van der Waals surface area contributed by atoms with Crippen molar-refractivity contribution < 1.29 is 13.7 Å². The van der Waals surface area contributed by atoms with Crippen LogP contribution in [0.15, 0.2) is 12.2 Å². The van der Waals surface area contributed by atoms with E-state index in [2.05, 4.69) is 6.58 Å². The van der Waals surface area contributed by atoms with Crippen molar-refractivity contribution in [2.75, 3.05) is 6.61 Å². The molecule has 0 saturated carbocycles. The van der Waals surface area contributed by atoms with Crippen molar-refractivity contribution in [1.29, 1.82) is 0 Å². The van der Waals surface area contributed by atoms with Gasteiger partial charge in [0.25, 0.3) is 0 Å². The maximum atomic E-state index is 11.0. The normalized spacial score (nSPS) is 23.2. The number of esters is 1. The highest BCUT2D eigenvalue weighted by Crippen LogP contribution is 2.24. The molecule has 1 heterocycles. The second kappa shape index (κ2) is 4.52. The molecule has 0 bridgehead atoms. The van der Waals surface area contributed by atoms with Crippen LogP contribution in [0.1, 0.15) is 19.8 Å². The molecule has 0 aromatic rings. The summed E-state index contributed by atoms with van der Waals surface area (Å²) in [6.07, 6.45) is 1.81.